The van der Waals surface area contributed by atoms with Crippen LogP contribution in [0.1, 0.15) is 40.3 Å². The predicted molar refractivity (Wildman–Crippen MR) is 90.7 cm³/mol. The van der Waals surface area contributed by atoms with Crippen LogP contribution >= 0.6 is 0 Å². The second-order valence-electron chi connectivity index (χ2n) is 6.35. The van der Waals surface area contributed by atoms with Crippen molar-refractivity contribution in [1.29, 1.82) is 0 Å². The molecule has 1 aliphatic rings. The van der Waals surface area contributed by atoms with Gasteiger partial charge in [-0.05, 0) is 32.1 Å². The van der Waals surface area contributed by atoms with E-state index >= 15 is 0 Å². The summed E-state index contributed by atoms with van der Waals surface area (Å²) in [5, 5.41) is 3.94. The molecule has 0 aromatic carbocycles. The average molecular weight is 345 g/mol. The van der Waals surface area contributed by atoms with Crippen molar-refractivity contribution in [3.8, 4) is 0 Å². The highest BCUT2D eigenvalue weighted by molar-refractivity contribution is 5.93. The molecule has 0 aliphatic carbocycles. The molecule has 1 saturated heterocycles. The molecule has 0 bridgehead atoms. The second kappa shape index (κ2) is 7.60. The Balaban J connectivity index is 1.71. The van der Waals surface area contributed by atoms with E-state index in [9.17, 15) is 4.79 Å². The van der Waals surface area contributed by atoms with Gasteiger partial charge in [-0.1, -0.05) is 5.16 Å². The number of carbonyl (C=O) groups is 1. The summed E-state index contributed by atoms with van der Waals surface area (Å²) < 4.78 is 10.3. The first-order valence-electron chi connectivity index (χ1n) is 8.38. The lowest BCUT2D eigenvalue weighted by Crippen LogP contribution is -2.41. The number of aromatic nitrogens is 3. The molecular formula is C17H23N5O3. The van der Waals surface area contributed by atoms with Crippen molar-refractivity contribution in [2.24, 2.45) is 5.92 Å². The van der Waals surface area contributed by atoms with E-state index in [-0.39, 0.29) is 5.91 Å². The molecule has 1 aliphatic heterocycles. The van der Waals surface area contributed by atoms with Crippen LogP contribution < -0.4 is 5.73 Å². The number of likely N-dealkylation sites (tertiary alicyclic amines) is 1. The van der Waals surface area contributed by atoms with Crippen molar-refractivity contribution >= 4 is 11.7 Å². The zero-order valence-electron chi connectivity index (χ0n) is 14.6. The van der Waals surface area contributed by atoms with Crippen molar-refractivity contribution in [2.45, 2.75) is 32.8 Å². The molecule has 1 atom stereocenters. The van der Waals surface area contributed by atoms with Crippen LogP contribution in [0.25, 0.3) is 0 Å². The lowest BCUT2D eigenvalue weighted by molar-refractivity contribution is 0.0658. The van der Waals surface area contributed by atoms with E-state index in [0.29, 0.717) is 54.9 Å². The number of nitrogens with two attached hydrogens (primary N) is 1. The maximum atomic E-state index is 12.9. The number of nitrogen functional groups attached to an aromatic ring is 1. The van der Waals surface area contributed by atoms with Gasteiger partial charge in [0.2, 0.25) is 0 Å². The van der Waals surface area contributed by atoms with Crippen molar-refractivity contribution in [1.82, 2.24) is 20.0 Å². The van der Waals surface area contributed by atoms with Gasteiger partial charge in [-0.15, -0.1) is 0 Å². The second-order valence-corrected chi connectivity index (χ2v) is 6.35. The van der Waals surface area contributed by atoms with E-state index in [1.54, 1.807) is 26.4 Å². The number of hydrogen-bond acceptors (Lipinski definition) is 7. The molecule has 1 amide bonds. The minimum atomic E-state index is -0.110. The largest absolute Gasteiger partial charge is 0.382 e. The summed E-state index contributed by atoms with van der Waals surface area (Å²) in [6.45, 7) is 3.45. The number of anilines is 1. The summed E-state index contributed by atoms with van der Waals surface area (Å²) in [4.78, 5) is 23.1. The smallest absolute Gasteiger partial charge is 0.276 e. The van der Waals surface area contributed by atoms with Gasteiger partial charge in [0, 0.05) is 32.6 Å². The van der Waals surface area contributed by atoms with E-state index in [1.807, 2.05) is 4.90 Å². The number of carbonyl (C=O) groups excluding carboxylic acids is 1. The van der Waals surface area contributed by atoms with E-state index in [4.69, 9.17) is 15.0 Å². The van der Waals surface area contributed by atoms with Crippen molar-refractivity contribution in [3.05, 3.63) is 35.1 Å². The van der Waals surface area contributed by atoms with Crippen LogP contribution in [-0.4, -0.2) is 46.1 Å². The number of methoxy groups -OCH3 is 1. The molecule has 8 heteroatoms. The summed E-state index contributed by atoms with van der Waals surface area (Å²) in [5.41, 5.74) is 7.74. The normalized spacial score (nSPS) is 17.7. The van der Waals surface area contributed by atoms with Gasteiger partial charge in [0.05, 0.1) is 17.9 Å². The highest BCUT2D eigenvalue weighted by Crippen LogP contribution is 2.24. The van der Waals surface area contributed by atoms with Crippen LogP contribution in [-0.2, 0) is 17.8 Å². The first-order valence-corrected chi connectivity index (χ1v) is 8.38. The Labute approximate surface area is 146 Å². The van der Waals surface area contributed by atoms with Crippen LogP contribution in [0.4, 0.5) is 5.82 Å². The molecule has 134 valence electrons. The van der Waals surface area contributed by atoms with E-state index < -0.39 is 0 Å². The lowest BCUT2D eigenvalue weighted by Gasteiger charge is -2.32. The molecule has 1 fully saturated rings. The Morgan fingerprint density at radius 3 is 3.00 bits per heavy atom. The molecule has 25 heavy (non-hydrogen) atoms. The Morgan fingerprint density at radius 1 is 1.44 bits per heavy atom. The minimum Gasteiger partial charge on any atom is -0.382 e. The summed E-state index contributed by atoms with van der Waals surface area (Å²) in [7, 11) is 1.59. The van der Waals surface area contributed by atoms with Crippen molar-refractivity contribution < 1.29 is 14.1 Å². The third kappa shape index (κ3) is 3.79. The fourth-order valence-electron chi connectivity index (χ4n) is 3.25. The number of nitrogens with zero attached hydrogens (tertiary/aromatic N) is 4. The highest BCUT2D eigenvalue weighted by Gasteiger charge is 2.29. The van der Waals surface area contributed by atoms with Crippen molar-refractivity contribution in [3.63, 3.8) is 0 Å². The first kappa shape index (κ1) is 17.3. The zero-order chi connectivity index (χ0) is 17.8. The van der Waals surface area contributed by atoms with Gasteiger partial charge < -0.3 is 19.9 Å². The van der Waals surface area contributed by atoms with Gasteiger partial charge in [0.25, 0.3) is 5.91 Å². The molecule has 2 N–H and O–H groups in total. The SMILES string of the molecule is COCc1c(C(=O)N2CCC[C@H](Cc3nccnc3N)C2)noc1C. The van der Waals surface area contributed by atoms with Crippen LogP contribution in [0, 0.1) is 12.8 Å². The highest BCUT2D eigenvalue weighted by atomic mass is 16.5. The standard InChI is InChI=1S/C17H23N5O3/c1-11-13(10-24-2)15(21-25-11)17(23)22-7-3-4-12(9-22)8-14-16(18)20-6-5-19-14/h5-6,12H,3-4,7-10H2,1-2H3,(H2,18,20)/t12-/m1/s1. The summed E-state index contributed by atoms with van der Waals surface area (Å²) in [6, 6.07) is 0. The topological polar surface area (TPSA) is 107 Å². The molecule has 2 aromatic rings. The summed E-state index contributed by atoms with van der Waals surface area (Å²) >= 11 is 0. The molecule has 0 spiro atoms. The van der Waals surface area contributed by atoms with Gasteiger partial charge in [-0.3, -0.25) is 9.78 Å². The Bertz CT molecular complexity index is 746. The van der Waals surface area contributed by atoms with Crippen LogP contribution in [0.2, 0.25) is 0 Å². The van der Waals surface area contributed by atoms with Crippen LogP contribution in [0.5, 0.6) is 0 Å². The lowest BCUT2D eigenvalue weighted by atomic mass is 9.93. The quantitative estimate of drug-likeness (QED) is 0.877. The Kier molecular flexibility index (Phi) is 5.28. The third-order valence-corrected chi connectivity index (χ3v) is 4.57. The first-order chi connectivity index (χ1) is 12.1. The maximum Gasteiger partial charge on any atom is 0.276 e. The van der Waals surface area contributed by atoms with Gasteiger partial charge in [-0.25, -0.2) is 4.98 Å². The molecule has 0 radical (unpaired) electrons. The fraction of sp³-hybridized carbons (Fsp3) is 0.529. The number of amides is 1. The molecule has 8 nitrogen and oxygen atoms in total. The number of hydrogen-bond donors (Lipinski definition) is 1. The molecule has 3 heterocycles. The molecule has 0 saturated carbocycles. The summed E-state index contributed by atoms with van der Waals surface area (Å²) in [6.07, 6.45) is 5.91. The van der Waals surface area contributed by atoms with Gasteiger partial charge >= 0.3 is 0 Å². The van der Waals surface area contributed by atoms with E-state index in [0.717, 1.165) is 18.5 Å². The van der Waals surface area contributed by atoms with Gasteiger partial charge in [0.1, 0.15) is 11.6 Å². The van der Waals surface area contributed by atoms with E-state index in [1.165, 1.54) is 0 Å². The fourth-order valence-corrected chi connectivity index (χ4v) is 3.25. The number of aryl methyl sites for hydroxylation is 1. The number of piperidine rings is 1. The van der Waals surface area contributed by atoms with Gasteiger partial charge in [0.15, 0.2) is 5.69 Å². The number of rotatable bonds is 5. The molecule has 0 unspecified atom stereocenters. The Morgan fingerprint density at radius 2 is 2.24 bits per heavy atom. The predicted octanol–water partition coefficient (Wildman–Crippen LogP) is 1.60. The monoisotopic (exact) mass is 345 g/mol. The molecular weight excluding hydrogens is 322 g/mol. The third-order valence-electron chi connectivity index (χ3n) is 4.57. The summed E-state index contributed by atoms with van der Waals surface area (Å²) in [5.74, 6) is 1.27. The Hall–Kier alpha value is -2.48. The van der Waals surface area contributed by atoms with Crippen LogP contribution in [0.15, 0.2) is 16.9 Å². The zero-order valence-corrected chi connectivity index (χ0v) is 14.6. The molecule has 2 aromatic heterocycles. The van der Waals surface area contributed by atoms with E-state index in [2.05, 4.69) is 15.1 Å². The number of ether oxygens (including phenoxy) is 1. The maximum absolute atomic E-state index is 12.9. The van der Waals surface area contributed by atoms with Crippen molar-refractivity contribution in [2.75, 3.05) is 25.9 Å². The average Bonchev–Trinajstić information content (AvgIpc) is 2.98. The molecule has 3 rings (SSSR count). The van der Waals surface area contributed by atoms with Crippen LogP contribution in [0.3, 0.4) is 0 Å². The minimum absolute atomic E-state index is 0.110. The van der Waals surface area contributed by atoms with Gasteiger partial charge in [-0.2, -0.15) is 0 Å².